The van der Waals surface area contributed by atoms with E-state index in [0.29, 0.717) is 18.7 Å². The Morgan fingerprint density at radius 2 is 1.97 bits per heavy atom. The van der Waals surface area contributed by atoms with Crippen molar-refractivity contribution >= 4 is 17.5 Å². The number of benzene rings is 1. The van der Waals surface area contributed by atoms with Crippen molar-refractivity contribution < 1.29 is 9.59 Å². The Balaban J connectivity index is 1.67. The van der Waals surface area contributed by atoms with Crippen LogP contribution >= 0.6 is 0 Å². The summed E-state index contributed by atoms with van der Waals surface area (Å²) in [7, 11) is 0. The Bertz CT molecular complexity index is 1210. The monoisotopic (exact) mass is 429 g/mol. The van der Waals surface area contributed by atoms with Gasteiger partial charge in [-0.2, -0.15) is 5.10 Å². The fraction of sp³-hybridized carbons (Fsp3) is 0.360. The molecule has 2 unspecified atom stereocenters. The van der Waals surface area contributed by atoms with E-state index < -0.39 is 11.5 Å². The highest BCUT2D eigenvalue weighted by Gasteiger charge is 2.59. The quantitative estimate of drug-likeness (QED) is 0.672. The van der Waals surface area contributed by atoms with E-state index in [4.69, 9.17) is 0 Å². The predicted octanol–water partition coefficient (Wildman–Crippen LogP) is 3.82. The number of pyridine rings is 1. The van der Waals surface area contributed by atoms with Gasteiger partial charge < -0.3 is 10.2 Å². The molecule has 0 bridgehead atoms. The van der Waals surface area contributed by atoms with Gasteiger partial charge in [0.1, 0.15) is 11.1 Å². The number of carbonyl (C=O) groups is 2. The maximum Gasteiger partial charge on any atom is 0.272 e. The summed E-state index contributed by atoms with van der Waals surface area (Å²) in [5.41, 5.74) is 2.73. The smallest absolute Gasteiger partial charge is 0.272 e. The standard InChI is InChI=1S/C25H27N5O2/c1-16-14-20(30(28-16)24(2,3)4)22(31)29-13-11-25(21(29)17-8-7-12-26-15-17)18-9-5-6-10-19(18)27-23(25)32/h5-10,12,14-15,21H,11,13H2,1-4H3,(H,27,32). The minimum Gasteiger partial charge on any atom is -0.329 e. The van der Waals surface area contributed by atoms with Gasteiger partial charge in [-0.15, -0.1) is 0 Å². The van der Waals surface area contributed by atoms with Gasteiger partial charge in [0, 0.05) is 24.6 Å². The zero-order valence-electron chi connectivity index (χ0n) is 18.8. The van der Waals surface area contributed by atoms with Crippen LogP contribution in [0.2, 0.25) is 0 Å². The second kappa shape index (κ2) is 7.02. The third-order valence-corrected chi connectivity index (χ3v) is 6.53. The molecule has 1 aromatic carbocycles. The summed E-state index contributed by atoms with van der Waals surface area (Å²) in [4.78, 5) is 33.6. The fourth-order valence-electron chi connectivity index (χ4n) is 5.22. The summed E-state index contributed by atoms with van der Waals surface area (Å²) >= 11 is 0. The number of para-hydroxylation sites is 1. The van der Waals surface area contributed by atoms with Crippen molar-refractivity contribution in [2.75, 3.05) is 11.9 Å². The summed E-state index contributed by atoms with van der Waals surface area (Å²) in [6.45, 7) is 8.45. The van der Waals surface area contributed by atoms with E-state index >= 15 is 0 Å². The van der Waals surface area contributed by atoms with Gasteiger partial charge in [-0.3, -0.25) is 19.3 Å². The molecule has 1 spiro atoms. The number of nitrogens with one attached hydrogen (secondary N) is 1. The molecule has 5 rings (SSSR count). The fourth-order valence-corrected chi connectivity index (χ4v) is 5.22. The van der Waals surface area contributed by atoms with E-state index in [1.54, 1.807) is 17.1 Å². The van der Waals surface area contributed by atoms with E-state index in [1.165, 1.54) is 0 Å². The molecule has 7 heteroatoms. The van der Waals surface area contributed by atoms with Gasteiger partial charge in [-0.1, -0.05) is 24.3 Å². The first-order valence-electron chi connectivity index (χ1n) is 10.9. The minimum atomic E-state index is -0.850. The van der Waals surface area contributed by atoms with Gasteiger partial charge in [0.15, 0.2) is 0 Å². The molecular weight excluding hydrogens is 402 g/mol. The van der Waals surface area contributed by atoms with Crippen molar-refractivity contribution in [2.24, 2.45) is 0 Å². The van der Waals surface area contributed by atoms with Crippen molar-refractivity contribution in [2.45, 2.75) is 51.1 Å². The Morgan fingerprint density at radius 3 is 2.69 bits per heavy atom. The van der Waals surface area contributed by atoms with Crippen LogP contribution in [0.3, 0.4) is 0 Å². The molecule has 32 heavy (non-hydrogen) atoms. The summed E-state index contributed by atoms with van der Waals surface area (Å²) in [5.74, 6) is -0.188. The normalized spacial score (nSPS) is 22.3. The molecule has 2 aliphatic heterocycles. The van der Waals surface area contributed by atoms with Crippen molar-refractivity contribution in [1.82, 2.24) is 19.7 Å². The molecule has 164 valence electrons. The molecule has 7 nitrogen and oxygen atoms in total. The van der Waals surface area contributed by atoms with Crippen LogP contribution in [0.5, 0.6) is 0 Å². The number of likely N-dealkylation sites (tertiary alicyclic amines) is 1. The molecule has 1 fully saturated rings. The molecule has 2 amide bonds. The molecular formula is C25H27N5O2. The lowest BCUT2D eigenvalue weighted by Gasteiger charge is -2.34. The molecule has 1 saturated heterocycles. The number of carbonyl (C=O) groups excluding carboxylic acids is 2. The predicted molar refractivity (Wildman–Crippen MR) is 121 cm³/mol. The van der Waals surface area contributed by atoms with Gasteiger partial charge in [-0.25, -0.2) is 0 Å². The van der Waals surface area contributed by atoms with Gasteiger partial charge in [0.05, 0.1) is 17.3 Å². The van der Waals surface area contributed by atoms with E-state index in [9.17, 15) is 9.59 Å². The van der Waals surface area contributed by atoms with E-state index in [1.807, 2.05) is 75.1 Å². The van der Waals surface area contributed by atoms with Crippen molar-refractivity contribution in [3.8, 4) is 0 Å². The van der Waals surface area contributed by atoms with Crippen LogP contribution in [0.4, 0.5) is 5.69 Å². The number of rotatable bonds is 2. The zero-order chi connectivity index (χ0) is 22.7. The average molecular weight is 430 g/mol. The molecule has 2 aliphatic rings. The van der Waals surface area contributed by atoms with Gasteiger partial charge >= 0.3 is 0 Å². The highest BCUT2D eigenvalue weighted by molar-refractivity contribution is 6.08. The lowest BCUT2D eigenvalue weighted by atomic mass is 9.73. The number of hydrogen-bond donors (Lipinski definition) is 1. The molecule has 2 atom stereocenters. The molecule has 0 saturated carbocycles. The maximum atomic E-state index is 14.0. The second-order valence-corrected chi connectivity index (χ2v) is 9.66. The number of fused-ring (bicyclic) bond motifs is 2. The molecule has 4 heterocycles. The summed E-state index contributed by atoms with van der Waals surface area (Å²) in [6, 6.07) is 13.0. The third-order valence-electron chi connectivity index (χ3n) is 6.53. The summed E-state index contributed by atoms with van der Waals surface area (Å²) in [5, 5.41) is 7.64. The number of nitrogens with zero attached hydrogens (tertiary/aromatic N) is 4. The molecule has 0 aliphatic carbocycles. The van der Waals surface area contributed by atoms with Gasteiger partial charge in [0.25, 0.3) is 5.91 Å². The Kier molecular flexibility index (Phi) is 4.48. The summed E-state index contributed by atoms with van der Waals surface area (Å²) in [6.07, 6.45) is 4.01. The SMILES string of the molecule is Cc1cc(C(=O)N2CCC3(C(=O)Nc4ccccc43)C2c2cccnc2)n(C(C)(C)C)n1. The Hall–Kier alpha value is -3.48. The lowest BCUT2D eigenvalue weighted by Crippen LogP contribution is -2.43. The molecule has 0 radical (unpaired) electrons. The van der Waals surface area contributed by atoms with Crippen LogP contribution in [0.1, 0.15) is 60.5 Å². The average Bonchev–Trinajstić information content (AvgIpc) is 3.43. The molecule has 2 aromatic heterocycles. The maximum absolute atomic E-state index is 14.0. The first kappa shape index (κ1) is 20.4. The molecule has 1 N–H and O–H groups in total. The van der Waals surface area contributed by atoms with Crippen LogP contribution in [-0.2, 0) is 15.7 Å². The van der Waals surface area contributed by atoms with Crippen molar-refractivity contribution in [3.63, 3.8) is 0 Å². The van der Waals surface area contributed by atoms with E-state index in [2.05, 4.69) is 15.4 Å². The Morgan fingerprint density at radius 1 is 1.19 bits per heavy atom. The highest BCUT2D eigenvalue weighted by atomic mass is 16.2. The van der Waals surface area contributed by atoms with Crippen molar-refractivity contribution in [3.05, 3.63) is 77.4 Å². The van der Waals surface area contributed by atoms with Gasteiger partial charge in [-0.05, 0) is 63.4 Å². The lowest BCUT2D eigenvalue weighted by molar-refractivity contribution is -0.121. The van der Waals surface area contributed by atoms with Crippen LogP contribution in [0, 0.1) is 6.92 Å². The third kappa shape index (κ3) is 2.87. The summed E-state index contributed by atoms with van der Waals surface area (Å²) < 4.78 is 1.79. The van der Waals surface area contributed by atoms with Crippen LogP contribution < -0.4 is 5.32 Å². The van der Waals surface area contributed by atoms with Crippen molar-refractivity contribution in [1.29, 1.82) is 0 Å². The van der Waals surface area contributed by atoms with E-state index in [0.717, 1.165) is 22.5 Å². The minimum absolute atomic E-state index is 0.0663. The molecule has 3 aromatic rings. The van der Waals surface area contributed by atoms with Crippen LogP contribution in [0.15, 0.2) is 54.9 Å². The number of hydrogen-bond acceptors (Lipinski definition) is 4. The zero-order valence-corrected chi connectivity index (χ0v) is 18.8. The van der Waals surface area contributed by atoms with Crippen LogP contribution in [-0.4, -0.2) is 38.0 Å². The van der Waals surface area contributed by atoms with Crippen LogP contribution in [0.25, 0.3) is 0 Å². The van der Waals surface area contributed by atoms with Gasteiger partial charge in [0.2, 0.25) is 5.91 Å². The first-order chi connectivity index (χ1) is 15.2. The number of aryl methyl sites for hydroxylation is 1. The largest absolute Gasteiger partial charge is 0.329 e. The Labute approximate surface area is 187 Å². The number of amides is 2. The number of aromatic nitrogens is 3. The second-order valence-electron chi connectivity index (χ2n) is 9.66. The highest BCUT2D eigenvalue weighted by Crippen LogP contribution is 2.54. The topological polar surface area (TPSA) is 80.1 Å². The van der Waals surface area contributed by atoms with E-state index in [-0.39, 0.29) is 17.4 Å². The number of anilines is 1. The first-order valence-corrected chi connectivity index (χ1v) is 10.9.